The minimum absolute atomic E-state index is 0.00139. The Kier molecular flexibility index (Phi) is 3.45. The van der Waals surface area contributed by atoms with Gasteiger partial charge in [0, 0.05) is 10.6 Å². The summed E-state index contributed by atoms with van der Waals surface area (Å²) >= 11 is 6.12. The number of halogens is 1. The summed E-state index contributed by atoms with van der Waals surface area (Å²) in [5, 5.41) is 9.50. The van der Waals surface area contributed by atoms with Crippen LogP contribution in [0.4, 0.5) is 0 Å². The number of benzene rings is 2. The molecule has 0 amide bonds. The minimum atomic E-state index is -0.843. The average Bonchev–Trinajstić information content (AvgIpc) is 2.30. The van der Waals surface area contributed by atoms with E-state index in [1.165, 1.54) is 0 Å². The second kappa shape index (κ2) is 5.02. The standard InChI is InChI=1S/C14H11ClO2/c15-13-8-4-3-7-12(13)11-6-2-1-5-10(11)9-14(16)17/h1-8H,9H2,(H,16,17). The van der Waals surface area contributed by atoms with Crippen LogP contribution in [0.25, 0.3) is 11.1 Å². The second-order valence-electron chi connectivity index (χ2n) is 3.71. The van der Waals surface area contributed by atoms with Crippen LogP contribution in [0.5, 0.6) is 0 Å². The van der Waals surface area contributed by atoms with Crippen LogP contribution in [0.15, 0.2) is 48.5 Å². The van der Waals surface area contributed by atoms with Crippen molar-refractivity contribution in [3.05, 3.63) is 59.1 Å². The highest BCUT2D eigenvalue weighted by Gasteiger charge is 2.09. The molecule has 0 bridgehead atoms. The summed E-state index contributed by atoms with van der Waals surface area (Å²) in [4.78, 5) is 10.8. The van der Waals surface area contributed by atoms with E-state index < -0.39 is 5.97 Å². The molecular formula is C14H11ClO2. The first-order valence-corrected chi connectivity index (χ1v) is 5.61. The van der Waals surface area contributed by atoms with Gasteiger partial charge in [-0.25, -0.2) is 0 Å². The fourth-order valence-corrected chi connectivity index (χ4v) is 2.02. The smallest absolute Gasteiger partial charge is 0.307 e. The van der Waals surface area contributed by atoms with Crippen molar-refractivity contribution >= 4 is 17.6 Å². The van der Waals surface area contributed by atoms with Gasteiger partial charge in [-0.2, -0.15) is 0 Å². The summed E-state index contributed by atoms with van der Waals surface area (Å²) in [6.45, 7) is 0. The summed E-state index contributed by atoms with van der Waals surface area (Å²) in [7, 11) is 0. The number of carboxylic acids is 1. The van der Waals surface area contributed by atoms with Crippen LogP contribution in [0.1, 0.15) is 5.56 Å². The predicted molar refractivity (Wildman–Crippen MR) is 68.2 cm³/mol. The molecule has 0 aromatic heterocycles. The van der Waals surface area contributed by atoms with Gasteiger partial charge < -0.3 is 5.11 Å². The zero-order valence-corrected chi connectivity index (χ0v) is 9.82. The Morgan fingerprint density at radius 3 is 2.24 bits per heavy atom. The summed E-state index contributed by atoms with van der Waals surface area (Å²) in [5.41, 5.74) is 2.51. The SMILES string of the molecule is O=C(O)Cc1ccccc1-c1ccccc1Cl. The molecule has 0 saturated heterocycles. The van der Waals surface area contributed by atoms with Gasteiger partial charge in [0.25, 0.3) is 0 Å². The van der Waals surface area contributed by atoms with Gasteiger partial charge in [-0.1, -0.05) is 54.1 Å². The van der Waals surface area contributed by atoms with Crippen molar-refractivity contribution < 1.29 is 9.90 Å². The van der Waals surface area contributed by atoms with Crippen molar-refractivity contribution in [1.29, 1.82) is 0 Å². The van der Waals surface area contributed by atoms with E-state index in [-0.39, 0.29) is 6.42 Å². The summed E-state index contributed by atoms with van der Waals surface area (Å²) in [6, 6.07) is 14.8. The number of carbonyl (C=O) groups is 1. The monoisotopic (exact) mass is 246 g/mol. The highest BCUT2D eigenvalue weighted by Crippen LogP contribution is 2.30. The number of aliphatic carboxylic acids is 1. The van der Waals surface area contributed by atoms with E-state index in [0.717, 1.165) is 16.7 Å². The van der Waals surface area contributed by atoms with Crippen LogP contribution >= 0.6 is 11.6 Å². The van der Waals surface area contributed by atoms with E-state index in [0.29, 0.717) is 5.02 Å². The van der Waals surface area contributed by atoms with E-state index in [4.69, 9.17) is 16.7 Å². The number of rotatable bonds is 3. The van der Waals surface area contributed by atoms with Gasteiger partial charge in [0.2, 0.25) is 0 Å². The Hall–Kier alpha value is -1.80. The van der Waals surface area contributed by atoms with E-state index in [9.17, 15) is 4.79 Å². The van der Waals surface area contributed by atoms with Crippen LogP contribution in [0, 0.1) is 0 Å². The molecule has 0 saturated carbocycles. The molecule has 1 N–H and O–H groups in total. The van der Waals surface area contributed by atoms with Crippen molar-refractivity contribution in [3.63, 3.8) is 0 Å². The molecule has 0 aliphatic rings. The second-order valence-corrected chi connectivity index (χ2v) is 4.11. The fraction of sp³-hybridized carbons (Fsp3) is 0.0714. The molecule has 2 aromatic rings. The number of hydrogen-bond acceptors (Lipinski definition) is 1. The zero-order chi connectivity index (χ0) is 12.3. The Morgan fingerprint density at radius 1 is 1.00 bits per heavy atom. The molecule has 0 aliphatic heterocycles. The lowest BCUT2D eigenvalue weighted by Crippen LogP contribution is -2.01. The molecular weight excluding hydrogens is 236 g/mol. The van der Waals surface area contributed by atoms with Crippen LogP contribution in [0.2, 0.25) is 5.02 Å². The van der Waals surface area contributed by atoms with Crippen LogP contribution in [-0.2, 0) is 11.2 Å². The first-order valence-electron chi connectivity index (χ1n) is 5.23. The lowest BCUT2D eigenvalue weighted by Gasteiger charge is -2.09. The van der Waals surface area contributed by atoms with Crippen LogP contribution in [-0.4, -0.2) is 11.1 Å². The normalized spacial score (nSPS) is 10.2. The Morgan fingerprint density at radius 2 is 1.59 bits per heavy atom. The van der Waals surface area contributed by atoms with Gasteiger partial charge in [-0.05, 0) is 17.2 Å². The lowest BCUT2D eigenvalue weighted by atomic mass is 9.98. The van der Waals surface area contributed by atoms with Crippen molar-refractivity contribution in [3.8, 4) is 11.1 Å². The largest absolute Gasteiger partial charge is 0.481 e. The molecule has 0 fully saturated rings. The van der Waals surface area contributed by atoms with Gasteiger partial charge in [0.1, 0.15) is 0 Å². The summed E-state index contributed by atoms with van der Waals surface area (Å²) < 4.78 is 0. The predicted octanol–water partition coefficient (Wildman–Crippen LogP) is 3.63. The van der Waals surface area contributed by atoms with Gasteiger partial charge >= 0.3 is 5.97 Å². The maximum absolute atomic E-state index is 10.8. The van der Waals surface area contributed by atoms with Crippen LogP contribution < -0.4 is 0 Å². The zero-order valence-electron chi connectivity index (χ0n) is 9.06. The number of carboxylic acid groups (broad SMARTS) is 1. The quantitative estimate of drug-likeness (QED) is 0.898. The third kappa shape index (κ3) is 2.66. The van der Waals surface area contributed by atoms with Gasteiger partial charge in [0.15, 0.2) is 0 Å². The van der Waals surface area contributed by atoms with E-state index in [1.54, 1.807) is 6.07 Å². The topological polar surface area (TPSA) is 37.3 Å². The van der Waals surface area contributed by atoms with Gasteiger partial charge in [-0.3, -0.25) is 4.79 Å². The Balaban J connectivity index is 2.52. The van der Waals surface area contributed by atoms with Crippen LogP contribution in [0.3, 0.4) is 0 Å². The lowest BCUT2D eigenvalue weighted by molar-refractivity contribution is -0.136. The van der Waals surface area contributed by atoms with Crippen molar-refractivity contribution in [1.82, 2.24) is 0 Å². The molecule has 0 heterocycles. The summed E-state index contributed by atoms with van der Waals surface area (Å²) in [6.07, 6.45) is 0.00139. The summed E-state index contributed by atoms with van der Waals surface area (Å²) in [5.74, 6) is -0.843. The molecule has 17 heavy (non-hydrogen) atoms. The average molecular weight is 247 g/mol. The maximum Gasteiger partial charge on any atom is 0.307 e. The van der Waals surface area contributed by atoms with E-state index >= 15 is 0 Å². The first-order chi connectivity index (χ1) is 8.18. The molecule has 2 rings (SSSR count). The first kappa shape index (κ1) is 11.7. The highest BCUT2D eigenvalue weighted by molar-refractivity contribution is 6.33. The number of hydrogen-bond donors (Lipinski definition) is 1. The Labute approximate surface area is 104 Å². The third-order valence-electron chi connectivity index (χ3n) is 2.52. The van der Waals surface area contributed by atoms with E-state index in [2.05, 4.69) is 0 Å². The molecule has 3 heteroatoms. The highest BCUT2D eigenvalue weighted by atomic mass is 35.5. The molecule has 2 aromatic carbocycles. The fourth-order valence-electron chi connectivity index (χ4n) is 1.78. The van der Waals surface area contributed by atoms with Gasteiger partial charge in [0.05, 0.1) is 6.42 Å². The van der Waals surface area contributed by atoms with E-state index in [1.807, 2.05) is 42.5 Å². The molecule has 2 nitrogen and oxygen atoms in total. The van der Waals surface area contributed by atoms with Crippen molar-refractivity contribution in [2.45, 2.75) is 6.42 Å². The molecule has 0 aliphatic carbocycles. The molecule has 0 atom stereocenters. The minimum Gasteiger partial charge on any atom is -0.481 e. The maximum atomic E-state index is 10.8. The molecule has 0 spiro atoms. The Bertz CT molecular complexity index is 549. The molecule has 0 radical (unpaired) electrons. The van der Waals surface area contributed by atoms with Crippen molar-refractivity contribution in [2.24, 2.45) is 0 Å². The van der Waals surface area contributed by atoms with Gasteiger partial charge in [-0.15, -0.1) is 0 Å². The van der Waals surface area contributed by atoms with Crippen molar-refractivity contribution in [2.75, 3.05) is 0 Å². The molecule has 86 valence electrons. The third-order valence-corrected chi connectivity index (χ3v) is 2.85. The molecule has 0 unspecified atom stereocenters.